The van der Waals surface area contributed by atoms with E-state index >= 15 is 0 Å². The maximum atomic E-state index is 11.9. The highest BCUT2D eigenvalue weighted by Crippen LogP contribution is 2.24. The Labute approximate surface area is 115 Å². The smallest absolute Gasteiger partial charge is 0.223 e. The van der Waals surface area contributed by atoms with Gasteiger partial charge in [-0.1, -0.05) is 6.42 Å². The molecule has 0 radical (unpaired) electrons. The van der Waals surface area contributed by atoms with E-state index in [0.717, 1.165) is 32.2 Å². The Hall–Kier alpha value is 0.0700. The number of rotatable bonds is 4. The lowest BCUT2D eigenvalue weighted by Gasteiger charge is -2.28. The summed E-state index contributed by atoms with van der Waals surface area (Å²) in [6.45, 7) is 5.02. The first kappa shape index (κ1) is 17.1. The molecule has 1 aliphatic carbocycles. The van der Waals surface area contributed by atoms with Crippen LogP contribution in [-0.4, -0.2) is 29.5 Å². The van der Waals surface area contributed by atoms with Gasteiger partial charge in [-0.25, -0.2) is 0 Å². The summed E-state index contributed by atoms with van der Waals surface area (Å²) in [6, 6.07) is 0.220. The summed E-state index contributed by atoms with van der Waals surface area (Å²) in [7, 11) is 0. The minimum absolute atomic E-state index is 0. The lowest BCUT2D eigenvalue weighted by atomic mass is 9.85. The predicted molar refractivity (Wildman–Crippen MR) is 77.8 cm³/mol. The van der Waals surface area contributed by atoms with Crippen LogP contribution in [0.3, 0.4) is 0 Å². The molecule has 17 heavy (non-hydrogen) atoms. The first-order valence-electron chi connectivity index (χ1n) is 6.03. The van der Waals surface area contributed by atoms with Crippen molar-refractivity contribution in [3.63, 3.8) is 0 Å². The van der Waals surface area contributed by atoms with Crippen molar-refractivity contribution < 1.29 is 4.79 Å². The first-order chi connectivity index (χ1) is 7.44. The summed E-state index contributed by atoms with van der Waals surface area (Å²) in [5, 5.41) is 3.05. The van der Waals surface area contributed by atoms with Crippen LogP contribution in [0.25, 0.3) is 0 Å². The Balaban J connectivity index is 0.00000256. The maximum absolute atomic E-state index is 11.9. The van der Waals surface area contributed by atoms with Crippen LogP contribution in [0.15, 0.2) is 0 Å². The molecule has 3 nitrogen and oxygen atoms in total. The van der Waals surface area contributed by atoms with Crippen LogP contribution in [0.1, 0.15) is 39.5 Å². The molecule has 1 amide bonds. The van der Waals surface area contributed by atoms with Gasteiger partial charge < -0.3 is 11.1 Å². The molecule has 1 fully saturated rings. The normalized spacial score (nSPS) is 24.9. The van der Waals surface area contributed by atoms with Crippen LogP contribution in [0.4, 0.5) is 0 Å². The van der Waals surface area contributed by atoms with E-state index < -0.39 is 0 Å². The number of carbonyl (C=O) groups excluding carboxylic acids is 1. The third kappa shape index (κ3) is 5.98. The van der Waals surface area contributed by atoms with Gasteiger partial charge in [0.2, 0.25) is 5.91 Å². The average Bonchev–Trinajstić information content (AvgIpc) is 2.26. The van der Waals surface area contributed by atoms with Crippen LogP contribution in [0.2, 0.25) is 0 Å². The van der Waals surface area contributed by atoms with Gasteiger partial charge in [0.1, 0.15) is 0 Å². The molecule has 0 saturated heterocycles. The second-order valence-corrected chi connectivity index (χ2v) is 6.82. The highest BCUT2D eigenvalue weighted by Gasteiger charge is 2.26. The van der Waals surface area contributed by atoms with Gasteiger partial charge in [-0.2, -0.15) is 11.8 Å². The lowest BCUT2D eigenvalue weighted by Crippen LogP contribution is -2.42. The molecular formula is C12H25ClN2OS. The Morgan fingerprint density at radius 2 is 2.12 bits per heavy atom. The number of hydrogen-bond donors (Lipinski definition) is 2. The van der Waals surface area contributed by atoms with Crippen molar-refractivity contribution in [3.05, 3.63) is 0 Å². The second kappa shape index (κ2) is 7.49. The van der Waals surface area contributed by atoms with Gasteiger partial charge in [0.25, 0.3) is 0 Å². The largest absolute Gasteiger partial charge is 0.354 e. The van der Waals surface area contributed by atoms with Gasteiger partial charge in [-0.05, 0) is 39.4 Å². The first-order valence-corrected chi connectivity index (χ1v) is 7.25. The van der Waals surface area contributed by atoms with Crippen LogP contribution >= 0.6 is 24.2 Å². The summed E-state index contributed by atoms with van der Waals surface area (Å²) in [4.78, 5) is 11.9. The molecule has 0 aromatic rings. The van der Waals surface area contributed by atoms with E-state index in [1.54, 1.807) is 11.8 Å². The van der Waals surface area contributed by atoms with E-state index in [1.165, 1.54) is 0 Å². The van der Waals surface area contributed by atoms with Gasteiger partial charge in [-0.3, -0.25) is 4.79 Å². The third-order valence-corrected chi connectivity index (χ3v) is 4.58. The highest BCUT2D eigenvalue weighted by molar-refractivity contribution is 7.99. The van der Waals surface area contributed by atoms with E-state index in [0.29, 0.717) is 0 Å². The Morgan fingerprint density at radius 1 is 1.47 bits per heavy atom. The molecular weight excluding hydrogens is 256 g/mol. The Bertz CT molecular complexity index is 249. The molecule has 0 aromatic carbocycles. The number of hydrogen-bond acceptors (Lipinski definition) is 3. The van der Waals surface area contributed by atoms with E-state index in [9.17, 15) is 4.79 Å². The van der Waals surface area contributed by atoms with E-state index in [2.05, 4.69) is 25.4 Å². The molecule has 0 spiro atoms. The average molecular weight is 281 g/mol. The SMILES string of the molecule is CSC(C)(C)CNC(=O)C1CCCC(N)C1.Cl. The summed E-state index contributed by atoms with van der Waals surface area (Å²) in [6.07, 6.45) is 6.08. The van der Waals surface area contributed by atoms with Gasteiger partial charge in [0.05, 0.1) is 0 Å². The van der Waals surface area contributed by atoms with Gasteiger partial charge >= 0.3 is 0 Å². The number of halogens is 1. The number of nitrogens with one attached hydrogen (secondary N) is 1. The summed E-state index contributed by atoms with van der Waals surface area (Å²) >= 11 is 1.78. The lowest BCUT2D eigenvalue weighted by molar-refractivity contribution is -0.126. The van der Waals surface area contributed by atoms with Gasteiger partial charge in [0, 0.05) is 23.3 Å². The van der Waals surface area contributed by atoms with Gasteiger partial charge in [-0.15, -0.1) is 12.4 Å². The standard InChI is InChI=1S/C12H24N2OS.ClH/c1-12(2,16-3)8-14-11(15)9-5-4-6-10(13)7-9;/h9-10H,4-8,13H2,1-3H3,(H,14,15);1H. The number of nitrogens with two attached hydrogens (primary N) is 1. The summed E-state index contributed by atoms with van der Waals surface area (Å²) < 4.78 is 0.118. The molecule has 1 rings (SSSR count). The molecule has 0 aliphatic heterocycles. The molecule has 1 saturated carbocycles. The molecule has 0 aromatic heterocycles. The highest BCUT2D eigenvalue weighted by atomic mass is 35.5. The minimum Gasteiger partial charge on any atom is -0.354 e. The van der Waals surface area contributed by atoms with Crippen LogP contribution in [0, 0.1) is 5.92 Å². The fourth-order valence-electron chi connectivity index (χ4n) is 1.98. The zero-order valence-corrected chi connectivity index (χ0v) is 12.6. The van der Waals surface area contributed by atoms with Crippen LogP contribution < -0.4 is 11.1 Å². The summed E-state index contributed by atoms with van der Waals surface area (Å²) in [5.41, 5.74) is 5.89. The molecule has 2 atom stereocenters. The number of amides is 1. The van der Waals surface area contributed by atoms with Crippen molar-refractivity contribution in [2.75, 3.05) is 12.8 Å². The third-order valence-electron chi connectivity index (χ3n) is 3.33. The van der Waals surface area contributed by atoms with Crippen molar-refractivity contribution >= 4 is 30.1 Å². The van der Waals surface area contributed by atoms with E-state index in [4.69, 9.17) is 5.73 Å². The quantitative estimate of drug-likeness (QED) is 0.830. The maximum Gasteiger partial charge on any atom is 0.223 e. The van der Waals surface area contributed by atoms with Crippen LogP contribution in [0.5, 0.6) is 0 Å². The van der Waals surface area contributed by atoms with Crippen molar-refractivity contribution in [2.45, 2.75) is 50.3 Å². The van der Waals surface area contributed by atoms with Crippen LogP contribution in [-0.2, 0) is 4.79 Å². The monoisotopic (exact) mass is 280 g/mol. The molecule has 0 heterocycles. The molecule has 102 valence electrons. The molecule has 5 heteroatoms. The number of thioether (sulfide) groups is 1. The van der Waals surface area contributed by atoms with Crippen molar-refractivity contribution in [2.24, 2.45) is 11.7 Å². The summed E-state index contributed by atoms with van der Waals surface area (Å²) in [5.74, 6) is 0.332. The zero-order chi connectivity index (χ0) is 12.2. The fraction of sp³-hybridized carbons (Fsp3) is 0.917. The van der Waals surface area contributed by atoms with Gasteiger partial charge in [0.15, 0.2) is 0 Å². The Kier molecular flexibility index (Phi) is 7.52. The zero-order valence-electron chi connectivity index (χ0n) is 11.0. The minimum atomic E-state index is 0. The fourth-order valence-corrected chi connectivity index (χ4v) is 2.20. The topological polar surface area (TPSA) is 55.1 Å². The van der Waals surface area contributed by atoms with Crippen molar-refractivity contribution in [1.82, 2.24) is 5.32 Å². The van der Waals surface area contributed by atoms with E-state index in [-0.39, 0.29) is 35.0 Å². The van der Waals surface area contributed by atoms with E-state index in [1.807, 2.05) is 0 Å². The molecule has 0 bridgehead atoms. The second-order valence-electron chi connectivity index (χ2n) is 5.31. The molecule has 1 aliphatic rings. The molecule has 2 unspecified atom stereocenters. The van der Waals surface area contributed by atoms with Crippen molar-refractivity contribution in [3.8, 4) is 0 Å². The molecule has 3 N–H and O–H groups in total. The van der Waals surface area contributed by atoms with Crippen molar-refractivity contribution in [1.29, 1.82) is 0 Å². The number of carbonyl (C=O) groups is 1. The Morgan fingerprint density at radius 3 is 2.65 bits per heavy atom. The predicted octanol–water partition coefficient (Wildman–Crippen LogP) is 2.18.